The lowest BCUT2D eigenvalue weighted by atomic mass is 9.98. The maximum Gasteiger partial charge on any atom is 0.254 e. The lowest BCUT2D eigenvalue weighted by Crippen LogP contribution is -2.44. The Hall–Kier alpha value is -3.16. The second kappa shape index (κ2) is 11.5. The molecule has 3 heterocycles. The molecule has 1 atom stereocenters. The average molecular weight is 474 g/mol. The van der Waals surface area contributed by atoms with Gasteiger partial charge in [0.05, 0.1) is 19.5 Å². The van der Waals surface area contributed by atoms with Gasteiger partial charge in [-0.15, -0.1) is 0 Å². The second-order valence-electron chi connectivity index (χ2n) is 9.43. The highest BCUT2D eigenvalue weighted by Crippen LogP contribution is 2.25. The highest BCUT2D eigenvalue weighted by atomic mass is 16.5. The number of hydrogen-bond donors (Lipinski definition) is 1. The van der Waals surface area contributed by atoms with Gasteiger partial charge in [-0.25, -0.2) is 4.98 Å². The molecule has 2 saturated heterocycles. The standard InChI is InChI=1S/C28H35N5O2/c34-28(33-18-20-35-21-19-33)24-6-8-26(9-7-24)32-15-10-25(11-16-32)30-27(23-4-2-1-3-5-23)12-14-31-17-13-29-22-31/h1-9,13,17,22,25,27,30H,10-12,14-16,18-21H2/t27-/m1/s1. The van der Waals surface area contributed by atoms with Crippen molar-refractivity contribution in [3.63, 3.8) is 0 Å². The Balaban J connectivity index is 1.15. The highest BCUT2D eigenvalue weighted by Gasteiger charge is 2.24. The van der Waals surface area contributed by atoms with E-state index >= 15 is 0 Å². The zero-order valence-corrected chi connectivity index (χ0v) is 20.3. The van der Waals surface area contributed by atoms with E-state index in [4.69, 9.17) is 4.74 Å². The number of morpholine rings is 1. The van der Waals surface area contributed by atoms with Crippen LogP contribution in [0.15, 0.2) is 73.3 Å². The molecule has 7 heteroatoms. The van der Waals surface area contributed by atoms with Crippen LogP contribution in [0.2, 0.25) is 0 Å². The third-order valence-electron chi connectivity index (χ3n) is 7.15. The van der Waals surface area contributed by atoms with E-state index in [0.29, 0.717) is 38.4 Å². The van der Waals surface area contributed by atoms with Gasteiger partial charge in [0.15, 0.2) is 0 Å². The van der Waals surface area contributed by atoms with E-state index in [9.17, 15) is 4.79 Å². The summed E-state index contributed by atoms with van der Waals surface area (Å²) in [5.74, 6) is 0.102. The van der Waals surface area contributed by atoms with E-state index in [-0.39, 0.29) is 5.91 Å². The minimum absolute atomic E-state index is 0.102. The van der Waals surface area contributed by atoms with Gasteiger partial charge in [0, 0.05) is 68.5 Å². The van der Waals surface area contributed by atoms with E-state index in [0.717, 1.165) is 44.5 Å². The predicted molar refractivity (Wildman–Crippen MR) is 138 cm³/mol. The van der Waals surface area contributed by atoms with Crippen molar-refractivity contribution in [1.29, 1.82) is 0 Å². The predicted octanol–water partition coefficient (Wildman–Crippen LogP) is 3.75. The van der Waals surface area contributed by atoms with Crippen molar-refractivity contribution in [3.8, 4) is 0 Å². The second-order valence-corrected chi connectivity index (χ2v) is 9.43. The number of hydrogen-bond acceptors (Lipinski definition) is 5. The van der Waals surface area contributed by atoms with Crippen molar-refractivity contribution in [2.75, 3.05) is 44.3 Å². The molecule has 0 radical (unpaired) electrons. The SMILES string of the molecule is O=C(c1ccc(N2CCC(N[C@H](CCn3ccnc3)c3ccccc3)CC2)cc1)N1CCOCC1. The summed E-state index contributed by atoms with van der Waals surface area (Å²) < 4.78 is 7.51. The number of carbonyl (C=O) groups excluding carboxylic acids is 1. The van der Waals surface area contributed by atoms with Crippen LogP contribution in [0.1, 0.15) is 41.2 Å². The Morgan fingerprint density at radius 2 is 1.74 bits per heavy atom. The smallest absolute Gasteiger partial charge is 0.254 e. The number of carbonyl (C=O) groups is 1. The lowest BCUT2D eigenvalue weighted by Gasteiger charge is -2.36. The molecule has 1 N–H and O–H groups in total. The molecule has 184 valence electrons. The van der Waals surface area contributed by atoms with Crippen LogP contribution in [-0.4, -0.2) is 65.8 Å². The Bertz CT molecular complexity index is 1040. The van der Waals surface area contributed by atoms with Crippen LogP contribution in [0, 0.1) is 0 Å². The summed E-state index contributed by atoms with van der Waals surface area (Å²) in [5, 5.41) is 3.95. The van der Waals surface area contributed by atoms with E-state index < -0.39 is 0 Å². The molecule has 0 saturated carbocycles. The number of aromatic nitrogens is 2. The molecule has 3 aromatic rings. The van der Waals surface area contributed by atoms with Gasteiger partial charge in [-0.1, -0.05) is 30.3 Å². The minimum Gasteiger partial charge on any atom is -0.378 e. The summed E-state index contributed by atoms with van der Waals surface area (Å²) in [5.41, 5.74) is 3.30. The van der Waals surface area contributed by atoms with Gasteiger partial charge in [-0.3, -0.25) is 4.79 Å². The quantitative estimate of drug-likeness (QED) is 0.540. The first kappa shape index (κ1) is 23.6. The monoisotopic (exact) mass is 473 g/mol. The first-order valence-corrected chi connectivity index (χ1v) is 12.7. The fraction of sp³-hybridized carbons (Fsp3) is 0.429. The zero-order valence-electron chi connectivity index (χ0n) is 20.3. The molecule has 2 fully saturated rings. The van der Waals surface area contributed by atoms with E-state index in [2.05, 4.69) is 62.2 Å². The Morgan fingerprint density at radius 3 is 2.43 bits per heavy atom. The number of rotatable bonds is 8. The summed E-state index contributed by atoms with van der Waals surface area (Å²) in [6, 6.07) is 19.7. The van der Waals surface area contributed by atoms with E-state index in [1.54, 1.807) is 0 Å². The van der Waals surface area contributed by atoms with Gasteiger partial charge < -0.3 is 24.4 Å². The molecule has 2 aliphatic heterocycles. The van der Waals surface area contributed by atoms with E-state index in [1.807, 2.05) is 35.8 Å². The van der Waals surface area contributed by atoms with Crippen molar-refractivity contribution in [2.24, 2.45) is 0 Å². The van der Waals surface area contributed by atoms with Crippen LogP contribution in [0.5, 0.6) is 0 Å². The number of imidazole rings is 1. The van der Waals surface area contributed by atoms with E-state index in [1.165, 1.54) is 11.3 Å². The molecule has 5 rings (SSSR count). The fourth-order valence-electron chi connectivity index (χ4n) is 5.08. The van der Waals surface area contributed by atoms with Gasteiger partial charge in [0.25, 0.3) is 5.91 Å². The molecule has 1 amide bonds. The molecular formula is C28H35N5O2. The number of aryl methyl sites for hydroxylation is 1. The minimum atomic E-state index is 0.102. The molecule has 0 unspecified atom stereocenters. The number of nitrogens with one attached hydrogen (secondary N) is 1. The van der Waals surface area contributed by atoms with Crippen LogP contribution in [0.3, 0.4) is 0 Å². The largest absolute Gasteiger partial charge is 0.378 e. The van der Waals surface area contributed by atoms with Crippen LogP contribution in [0.25, 0.3) is 0 Å². The van der Waals surface area contributed by atoms with Crippen LogP contribution >= 0.6 is 0 Å². The zero-order chi connectivity index (χ0) is 23.9. The van der Waals surface area contributed by atoms with Crippen molar-refractivity contribution in [1.82, 2.24) is 19.8 Å². The van der Waals surface area contributed by atoms with Crippen LogP contribution in [0.4, 0.5) is 5.69 Å². The lowest BCUT2D eigenvalue weighted by molar-refractivity contribution is 0.0303. The number of amides is 1. The average Bonchev–Trinajstić information content (AvgIpc) is 3.46. The van der Waals surface area contributed by atoms with Crippen LogP contribution in [-0.2, 0) is 11.3 Å². The third kappa shape index (κ3) is 6.10. The van der Waals surface area contributed by atoms with Crippen molar-refractivity contribution in [2.45, 2.75) is 37.9 Å². The number of anilines is 1. The highest BCUT2D eigenvalue weighted by molar-refractivity contribution is 5.94. The summed E-state index contributed by atoms with van der Waals surface area (Å²) >= 11 is 0. The molecule has 0 bridgehead atoms. The molecular weight excluding hydrogens is 438 g/mol. The third-order valence-corrected chi connectivity index (χ3v) is 7.15. The summed E-state index contributed by atoms with van der Waals surface area (Å²) in [4.78, 5) is 21.2. The van der Waals surface area contributed by atoms with Gasteiger partial charge in [0.2, 0.25) is 0 Å². The van der Waals surface area contributed by atoms with Gasteiger partial charge >= 0.3 is 0 Å². The van der Waals surface area contributed by atoms with Gasteiger partial charge in [-0.05, 0) is 49.1 Å². The number of benzene rings is 2. The van der Waals surface area contributed by atoms with Crippen molar-refractivity contribution in [3.05, 3.63) is 84.4 Å². The molecule has 2 aromatic carbocycles. The Labute approximate surface area is 207 Å². The summed E-state index contributed by atoms with van der Waals surface area (Å²) in [6.45, 7) is 5.57. The summed E-state index contributed by atoms with van der Waals surface area (Å²) in [6.07, 6.45) is 8.98. The first-order valence-electron chi connectivity index (χ1n) is 12.7. The molecule has 0 aliphatic carbocycles. The first-order chi connectivity index (χ1) is 17.3. The van der Waals surface area contributed by atoms with Crippen molar-refractivity contribution >= 4 is 11.6 Å². The van der Waals surface area contributed by atoms with Crippen molar-refractivity contribution < 1.29 is 9.53 Å². The maximum absolute atomic E-state index is 12.7. The summed E-state index contributed by atoms with van der Waals surface area (Å²) in [7, 11) is 0. The molecule has 35 heavy (non-hydrogen) atoms. The normalized spacial score (nSPS) is 17.9. The molecule has 2 aliphatic rings. The Kier molecular flexibility index (Phi) is 7.75. The molecule has 7 nitrogen and oxygen atoms in total. The maximum atomic E-state index is 12.7. The molecule has 1 aromatic heterocycles. The number of piperidine rings is 1. The topological polar surface area (TPSA) is 62.6 Å². The molecule has 0 spiro atoms. The fourth-order valence-corrected chi connectivity index (χ4v) is 5.08. The van der Waals surface area contributed by atoms with Gasteiger partial charge in [0.1, 0.15) is 0 Å². The van der Waals surface area contributed by atoms with Gasteiger partial charge in [-0.2, -0.15) is 0 Å². The Morgan fingerprint density at radius 1 is 1.00 bits per heavy atom. The van der Waals surface area contributed by atoms with Crippen LogP contribution < -0.4 is 10.2 Å². The number of ether oxygens (including phenoxy) is 1. The number of nitrogens with zero attached hydrogens (tertiary/aromatic N) is 4.